The Labute approximate surface area is 90.9 Å². The van der Waals surface area contributed by atoms with Crippen LogP contribution in [0.1, 0.15) is 38.5 Å². The maximum absolute atomic E-state index is 10.9. The molecule has 15 heavy (non-hydrogen) atoms. The maximum Gasteiger partial charge on any atom is 0.320 e. The third-order valence-electron chi connectivity index (χ3n) is 3.00. The number of hydrogen-bond acceptors (Lipinski definition) is 3. The highest BCUT2D eigenvalue weighted by Gasteiger charge is 2.29. The molecular formula is C11H21NO3. The first-order valence-electron chi connectivity index (χ1n) is 5.83. The van der Waals surface area contributed by atoms with Crippen LogP contribution in [0.5, 0.6) is 0 Å². The van der Waals surface area contributed by atoms with Gasteiger partial charge < -0.3 is 10.2 Å². The van der Waals surface area contributed by atoms with Crippen LogP contribution in [0.3, 0.4) is 0 Å². The molecule has 1 saturated heterocycles. The Balaban J connectivity index is 2.12. The highest BCUT2D eigenvalue weighted by atomic mass is 16.4. The van der Waals surface area contributed by atoms with Gasteiger partial charge in [0.1, 0.15) is 6.04 Å². The summed E-state index contributed by atoms with van der Waals surface area (Å²) in [5, 5.41) is 17.6. The summed E-state index contributed by atoms with van der Waals surface area (Å²) in [5.74, 6) is -0.678. The summed E-state index contributed by atoms with van der Waals surface area (Å²) in [7, 11) is 0. The molecule has 4 nitrogen and oxygen atoms in total. The number of carboxylic acid groups (broad SMARTS) is 1. The molecule has 0 aromatic carbocycles. The lowest BCUT2D eigenvalue weighted by molar-refractivity contribution is -0.142. The summed E-state index contributed by atoms with van der Waals surface area (Å²) >= 11 is 0. The van der Waals surface area contributed by atoms with Crippen LogP contribution in [0.2, 0.25) is 0 Å². The van der Waals surface area contributed by atoms with Crippen LogP contribution < -0.4 is 0 Å². The van der Waals surface area contributed by atoms with Crippen molar-refractivity contribution in [2.75, 3.05) is 19.7 Å². The minimum absolute atomic E-state index is 0.247. The third-order valence-corrected chi connectivity index (χ3v) is 3.00. The van der Waals surface area contributed by atoms with Gasteiger partial charge in [-0.2, -0.15) is 0 Å². The van der Waals surface area contributed by atoms with Gasteiger partial charge in [0.15, 0.2) is 0 Å². The SMILES string of the molecule is O=C(O)C1CCCN1CCCCCCO. The second kappa shape index (κ2) is 6.80. The summed E-state index contributed by atoms with van der Waals surface area (Å²) in [6, 6.07) is -0.247. The van der Waals surface area contributed by atoms with Crippen LogP contribution in [0, 0.1) is 0 Å². The van der Waals surface area contributed by atoms with Gasteiger partial charge in [0.05, 0.1) is 0 Å². The van der Waals surface area contributed by atoms with Gasteiger partial charge in [-0.3, -0.25) is 9.69 Å². The van der Waals surface area contributed by atoms with E-state index in [1.807, 2.05) is 0 Å². The number of carbonyl (C=O) groups is 1. The van der Waals surface area contributed by atoms with Crippen LogP contribution in [-0.2, 0) is 4.79 Å². The van der Waals surface area contributed by atoms with Crippen LogP contribution in [0.4, 0.5) is 0 Å². The highest BCUT2D eigenvalue weighted by molar-refractivity contribution is 5.73. The van der Waals surface area contributed by atoms with Crippen molar-refractivity contribution < 1.29 is 15.0 Å². The second-order valence-electron chi connectivity index (χ2n) is 4.17. The first kappa shape index (κ1) is 12.5. The number of carboxylic acids is 1. The topological polar surface area (TPSA) is 60.8 Å². The molecule has 1 aliphatic rings. The molecule has 2 N–H and O–H groups in total. The van der Waals surface area contributed by atoms with Crippen LogP contribution in [0.15, 0.2) is 0 Å². The molecular weight excluding hydrogens is 194 g/mol. The van der Waals surface area contributed by atoms with Gasteiger partial charge in [-0.1, -0.05) is 12.8 Å². The third kappa shape index (κ3) is 4.18. The van der Waals surface area contributed by atoms with E-state index in [2.05, 4.69) is 4.90 Å². The van der Waals surface area contributed by atoms with E-state index < -0.39 is 5.97 Å². The molecule has 1 fully saturated rings. The quantitative estimate of drug-likeness (QED) is 0.624. The smallest absolute Gasteiger partial charge is 0.320 e. The fourth-order valence-electron chi connectivity index (χ4n) is 2.15. The lowest BCUT2D eigenvalue weighted by atomic mass is 10.2. The van der Waals surface area contributed by atoms with E-state index >= 15 is 0 Å². The van der Waals surface area contributed by atoms with Gasteiger partial charge in [-0.05, 0) is 38.8 Å². The standard InChI is InChI=1S/C11H21NO3/c13-9-4-2-1-3-7-12-8-5-6-10(12)11(14)15/h10,13H,1-9H2,(H,14,15). The van der Waals surface area contributed by atoms with Crippen molar-refractivity contribution in [2.45, 2.75) is 44.6 Å². The predicted octanol–water partition coefficient (Wildman–Crippen LogP) is 1.09. The summed E-state index contributed by atoms with van der Waals surface area (Å²) in [6.07, 6.45) is 5.84. The number of likely N-dealkylation sites (tertiary alicyclic amines) is 1. The number of rotatable bonds is 7. The van der Waals surface area contributed by atoms with Gasteiger partial charge in [0.25, 0.3) is 0 Å². The minimum Gasteiger partial charge on any atom is -0.480 e. The van der Waals surface area contributed by atoms with Crippen LogP contribution >= 0.6 is 0 Å². The van der Waals surface area contributed by atoms with Gasteiger partial charge in [-0.15, -0.1) is 0 Å². The van der Waals surface area contributed by atoms with E-state index in [4.69, 9.17) is 10.2 Å². The first-order valence-corrected chi connectivity index (χ1v) is 5.83. The lowest BCUT2D eigenvalue weighted by Gasteiger charge is -2.20. The van der Waals surface area contributed by atoms with Crippen molar-refractivity contribution in [1.82, 2.24) is 4.90 Å². The number of unbranched alkanes of at least 4 members (excludes halogenated alkanes) is 3. The number of nitrogens with zero attached hydrogens (tertiary/aromatic N) is 1. The van der Waals surface area contributed by atoms with E-state index in [0.717, 1.165) is 51.6 Å². The van der Waals surface area contributed by atoms with E-state index in [-0.39, 0.29) is 12.6 Å². The first-order chi connectivity index (χ1) is 7.25. The highest BCUT2D eigenvalue weighted by Crippen LogP contribution is 2.18. The van der Waals surface area contributed by atoms with E-state index in [1.165, 1.54) is 0 Å². The Bertz CT molecular complexity index is 196. The van der Waals surface area contributed by atoms with Gasteiger partial charge in [0, 0.05) is 6.61 Å². The second-order valence-corrected chi connectivity index (χ2v) is 4.17. The van der Waals surface area contributed by atoms with E-state index in [9.17, 15) is 4.79 Å². The summed E-state index contributed by atoms with van der Waals surface area (Å²) in [4.78, 5) is 12.9. The van der Waals surface area contributed by atoms with Crippen molar-refractivity contribution in [1.29, 1.82) is 0 Å². The Morgan fingerprint density at radius 1 is 1.27 bits per heavy atom. The number of aliphatic hydroxyl groups excluding tert-OH is 1. The Kier molecular flexibility index (Phi) is 5.65. The molecule has 1 atom stereocenters. The monoisotopic (exact) mass is 215 g/mol. The van der Waals surface area contributed by atoms with Crippen molar-refractivity contribution >= 4 is 5.97 Å². The average Bonchev–Trinajstić information content (AvgIpc) is 2.66. The molecule has 0 spiro atoms. The average molecular weight is 215 g/mol. The molecule has 1 rings (SSSR count). The number of hydrogen-bond donors (Lipinski definition) is 2. The molecule has 0 bridgehead atoms. The molecule has 0 aromatic heterocycles. The molecule has 0 aliphatic carbocycles. The zero-order chi connectivity index (χ0) is 11.1. The van der Waals surface area contributed by atoms with Crippen LogP contribution in [0.25, 0.3) is 0 Å². The van der Waals surface area contributed by atoms with Gasteiger partial charge in [0.2, 0.25) is 0 Å². The molecule has 4 heteroatoms. The molecule has 88 valence electrons. The zero-order valence-electron chi connectivity index (χ0n) is 9.19. The lowest BCUT2D eigenvalue weighted by Crippen LogP contribution is -2.36. The zero-order valence-corrected chi connectivity index (χ0v) is 9.19. The van der Waals surface area contributed by atoms with Crippen molar-refractivity contribution in [3.63, 3.8) is 0 Å². The molecule has 1 aliphatic heterocycles. The maximum atomic E-state index is 10.9. The molecule has 0 saturated carbocycles. The Morgan fingerprint density at radius 2 is 2.00 bits per heavy atom. The molecule has 1 unspecified atom stereocenters. The fourth-order valence-corrected chi connectivity index (χ4v) is 2.15. The molecule has 0 radical (unpaired) electrons. The summed E-state index contributed by atoms with van der Waals surface area (Å²) in [5.41, 5.74) is 0. The van der Waals surface area contributed by atoms with Crippen LogP contribution in [-0.4, -0.2) is 46.8 Å². The number of aliphatic hydroxyl groups is 1. The van der Waals surface area contributed by atoms with Crippen molar-refractivity contribution in [3.8, 4) is 0 Å². The normalized spacial score (nSPS) is 22.1. The minimum atomic E-state index is -0.678. The fraction of sp³-hybridized carbons (Fsp3) is 0.909. The predicted molar refractivity (Wildman–Crippen MR) is 57.8 cm³/mol. The van der Waals surface area contributed by atoms with E-state index in [1.54, 1.807) is 0 Å². The molecule has 0 amide bonds. The van der Waals surface area contributed by atoms with Crippen molar-refractivity contribution in [3.05, 3.63) is 0 Å². The Morgan fingerprint density at radius 3 is 2.67 bits per heavy atom. The summed E-state index contributed by atoms with van der Waals surface area (Å²) < 4.78 is 0. The number of aliphatic carboxylic acids is 1. The largest absolute Gasteiger partial charge is 0.480 e. The molecule has 0 aromatic rings. The van der Waals surface area contributed by atoms with Gasteiger partial charge >= 0.3 is 5.97 Å². The van der Waals surface area contributed by atoms with Crippen molar-refractivity contribution in [2.24, 2.45) is 0 Å². The van der Waals surface area contributed by atoms with E-state index in [0.29, 0.717) is 0 Å². The Hall–Kier alpha value is -0.610. The summed E-state index contributed by atoms with van der Waals surface area (Å²) in [6.45, 7) is 2.08. The molecule has 1 heterocycles. The van der Waals surface area contributed by atoms with Gasteiger partial charge in [-0.25, -0.2) is 0 Å².